The SMILES string of the molecule is CC(C)C(=O)N1CCC(NC(=O)C2(c3cccc(Cl)c3)CCC2)CC1. The van der Waals surface area contributed by atoms with Gasteiger partial charge in [0.25, 0.3) is 0 Å². The lowest BCUT2D eigenvalue weighted by atomic mass is 9.63. The summed E-state index contributed by atoms with van der Waals surface area (Å²) in [4.78, 5) is 27.0. The second-order valence-corrected chi connectivity index (χ2v) is 8.11. The van der Waals surface area contributed by atoms with Crippen molar-refractivity contribution in [1.82, 2.24) is 10.2 Å². The number of piperidine rings is 1. The Morgan fingerprint density at radius 3 is 2.44 bits per heavy atom. The molecule has 1 saturated carbocycles. The highest BCUT2D eigenvalue weighted by atomic mass is 35.5. The van der Waals surface area contributed by atoms with Gasteiger partial charge in [-0.3, -0.25) is 9.59 Å². The van der Waals surface area contributed by atoms with Crippen molar-refractivity contribution >= 4 is 23.4 Å². The summed E-state index contributed by atoms with van der Waals surface area (Å²) in [7, 11) is 0. The van der Waals surface area contributed by atoms with E-state index in [4.69, 9.17) is 11.6 Å². The Bertz CT molecular complexity index is 647. The zero-order chi connectivity index (χ0) is 18.0. The van der Waals surface area contributed by atoms with Gasteiger partial charge >= 0.3 is 0 Å². The van der Waals surface area contributed by atoms with Crippen molar-refractivity contribution in [3.8, 4) is 0 Å². The largest absolute Gasteiger partial charge is 0.352 e. The van der Waals surface area contributed by atoms with E-state index in [0.29, 0.717) is 5.02 Å². The molecule has 0 radical (unpaired) electrons. The summed E-state index contributed by atoms with van der Waals surface area (Å²) in [5.74, 6) is 0.362. The zero-order valence-electron chi connectivity index (χ0n) is 15.1. The Morgan fingerprint density at radius 1 is 1.24 bits per heavy atom. The van der Waals surface area contributed by atoms with Crippen LogP contribution in [0.15, 0.2) is 24.3 Å². The Kier molecular flexibility index (Phi) is 5.38. The number of hydrogen-bond acceptors (Lipinski definition) is 2. The molecule has 0 spiro atoms. The summed E-state index contributed by atoms with van der Waals surface area (Å²) in [5, 5.41) is 3.93. The molecule has 1 saturated heterocycles. The van der Waals surface area contributed by atoms with Crippen molar-refractivity contribution in [3.05, 3.63) is 34.9 Å². The molecule has 2 amide bonds. The summed E-state index contributed by atoms with van der Waals surface area (Å²) in [6, 6.07) is 7.84. The topological polar surface area (TPSA) is 49.4 Å². The molecule has 1 N–H and O–H groups in total. The number of carbonyl (C=O) groups excluding carboxylic acids is 2. The maximum atomic E-state index is 13.0. The van der Waals surface area contributed by atoms with Crippen molar-refractivity contribution in [1.29, 1.82) is 0 Å². The van der Waals surface area contributed by atoms with Gasteiger partial charge in [0.1, 0.15) is 0 Å². The first kappa shape index (κ1) is 18.2. The van der Waals surface area contributed by atoms with Crippen molar-refractivity contribution in [2.75, 3.05) is 13.1 Å². The molecule has 1 heterocycles. The normalized spacial score (nSPS) is 20.2. The van der Waals surface area contributed by atoms with E-state index < -0.39 is 5.41 Å². The van der Waals surface area contributed by atoms with Crippen LogP contribution in [-0.4, -0.2) is 35.8 Å². The molecule has 2 aliphatic rings. The van der Waals surface area contributed by atoms with E-state index in [2.05, 4.69) is 5.32 Å². The van der Waals surface area contributed by atoms with E-state index >= 15 is 0 Å². The molecule has 2 fully saturated rings. The fraction of sp³-hybridized carbons (Fsp3) is 0.600. The van der Waals surface area contributed by atoms with Crippen LogP contribution in [0.2, 0.25) is 5.02 Å². The van der Waals surface area contributed by atoms with Gasteiger partial charge in [-0.15, -0.1) is 0 Å². The number of nitrogens with zero attached hydrogens (tertiary/aromatic N) is 1. The van der Waals surface area contributed by atoms with E-state index in [1.54, 1.807) is 0 Å². The van der Waals surface area contributed by atoms with E-state index in [1.165, 1.54) is 0 Å². The molecule has 136 valence electrons. The number of nitrogens with one attached hydrogen (secondary N) is 1. The molecule has 4 nitrogen and oxygen atoms in total. The van der Waals surface area contributed by atoms with E-state index in [-0.39, 0.29) is 23.8 Å². The highest BCUT2D eigenvalue weighted by molar-refractivity contribution is 6.30. The van der Waals surface area contributed by atoms with Crippen molar-refractivity contribution in [2.24, 2.45) is 5.92 Å². The van der Waals surface area contributed by atoms with Crippen LogP contribution in [0.25, 0.3) is 0 Å². The third-order valence-corrected chi connectivity index (χ3v) is 5.89. The molecule has 0 unspecified atom stereocenters. The standard InChI is InChI=1S/C20H27ClN2O2/c1-14(2)18(24)23-11-7-17(8-12-23)22-19(25)20(9-4-10-20)15-5-3-6-16(21)13-15/h3,5-6,13-14,17H,4,7-12H2,1-2H3,(H,22,25). The number of carbonyl (C=O) groups is 2. The van der Waals surface area contributed by atoms with Gasteiger partial charge in [-0.25, -0.2) is 0 Å². The Hall–Kier alpha value is -1.55. The van der Waals surface area contributed by atoms with Gasteiger partial charge < -0.3 is 10.2 Å². The summed E-state index contributed by atoms with van der Waals surface area (Å²) in [6.45, 7) is 5.32. The van der Waals surface area contributed by atoms with Crippen LogP contribution >= 0.6 is 11.6 Å². The molecule has 1 aliphatic heterocycles. The third-order valence-electron chi connectivity index (χ3n) is 5.65. The van der Waals surface area contributed by atoms with Crippen LogP contribution < -0.4 is 5.32 Å². The summed E-state index contributed by atoms with van der Waals surface area (Å²) >= 11 is 6.13. The van der Waals surface area contributed by atoms with Crippen molar-refractivity contribution in [2.45, 2.75) is 57.4 Å². The van der Waals surface area contributed by atoms with Crippen LogP contribution in [0.5, 0.6) is 0 Å². The predicted molar refractivity (Wildman–Crippen MR) is 99.6 cm³/mol. The van der Waals surface area contributed by atoms with Crippen LogP contribution in [0.1, 0.15) is 51.5 Å². The number of halogens is 1. The van der Waals surface area contributed by atoms with E-state index in [9.17, 15) is 9.59 Å². The minimum Gasteiger partial charge on any atom is -0.352 e. The lowest BCUT2D eigenvalue weighted by Gasteiger charge is -2.42. The van der Waals surface area contributed by atoms with Gasteiger partial charge in [0.15, 0.2) is 0 Å². The van der Waals surface area contributed by atoms with E-state index in [1.807, 2.05) is 43.0 Å². The van der Waals surface area contributed by atoms with Gasteiger partial charge in [-0.2, -0.15) is 0 Å². The molecule has 0 aromatic heterocycles. The first-order valence-electron chi connectivity index (χ1n) is 9.28. The number of hydrogen-bond donors (Lipinski definition) is 1. The molecular formula is C20H27ClN2O2. The minimum absolute atomic E-state index is 0.0345. The van der Waals surface area contributed by atoms with E-state index in [0.717, 1.165) is 50.8 Å². The highest BCUT2D eigenvalue weighted by Crippen LogP contribution is 2.44. The molecule has 1 aromatic carbocycles. The maximum absolute atomic E-state index is 13.0. The molecule has 0 bridgehead atoms. The second-order valence-electron chi connectivity index (χ2n) is 7.67. The monoisotopic (exact) mass is 362 g/mol. The Balaban J connectivity index is 1.62. The van der Waals surface area contributed by atoms with Gasteiger partial charge in [0.05, 0.1) is 5.41 Å². The van der Waals surface area contributed by atoms with Crippen molar-refractivity contribution in [3.63, 3.8) is 0 Å². The zero-order valence-corrected chi connectivity index (χ0v) is 15.8. The molecule has 25 heavy (non-hydrogen) atoms. The summed E-state index contributed by atoms with van der Waals surface area (Å²) in [5.41, 5.74) is 0.603. The first-order valence-corrected chi connectivity index (χ1v) is 9.66. The number of benzene rings is 1. The fourth-order valence-electron chi connectivity index (χ4n) is 3.90. The van der Waals surface area contributed by atoms with Crippen LogP contribution in [-0.2, 0) is 15.0 Å². The average Bonchev–Trinajstić information content (AvgIpc) is 2.54. The molecule has 5 heteroatoms. The third kappa shape index (κ3) is 3.69. The predicted octanol–water partition coefficient (Wildman–Crippen LogP) is 3.52. The molecule has 0 atom stereocenters. The summed E-state index contributed by atoms with van der Waals surface area (Å²) in [6.07, 6.45) is 4.49. The summed E-state index contributed by atoms with van der Waals surface area (Å²) < 4.78 is 0. The van der Waals surface area contributed by atoms with Gasteiger partial charge in [0.2, 0.25) is 11.8 Å². The smallest absolute Gasteiger partial charge is 0.230 e. The van der Waals surface area contributed by atoms with Crippen LogP contribution in [0.4, 0.5) is 0 Å². The second kappa shape index (κ2) is 7.36. The number of amides is 2. The number of likely N-dealkylation sites (tertiary alicyclic amines) is 1. The van der Waals surface area contributed by atoms with Crippen LogP contribution in [0.3, 0.4) is 0 Å². The Morgan fingerprint density at radius 2 is 1.92 bits per heavy atom. The van der Waals surface area contributed by atoms with Gasteiger partial charge in [-0.05, 0) is 43.4 Å². The molecule has 3 rings (SSSR count). The quantitative estimate of drug-likeness (QED) is 0.890. The molecule has 1 aromatic rings. The lowest BCUT2D eigenvalue weighted by molar-refractivity contribution is -0.136. The molecule has 1 aliphatic carbocycles. The minimum atomic E-state index is -0.421. The van der Waals surface area contributed by atoms with Gasteiger partial charge in [0, 0.05) is 30.1 Å². The lowest BCUT2D eigenvalue weighted by Crippen LogP contribution is -2.54. The first-order chi connectivity index (χ1) is 11.9. The number of rotatable bonds is 4. The molecular weight excluding hydrogens is 336 g/mol. The van der Waals surface area contributed by atoms with Crippen LogP contribution in [0, 0.1) is 5.92 Å². The van der Waals surface area contributed by atoms with Gasteiger partial charge in [-0.1, -0.05) is 44.0 Å². The fourth-order valence-corrected chi connectivity index (χ4v) is 4.09. The average molecular weight is 363 g/mol. The highest BCUT2D eigenvalue weighted by Gasteiger charge is 2.46. The van der Waals surface area contributed by atoms with Crippen molar-refractivity contribution < 1.29 is 9.59 Å². The Labute approximate surface area is 154 Å². The maximum Gasteiger partial charge on any atom is 0.230 e.